The monoisotopic (exact) mass is 294 g/mol. The first kappa shape index (κ1) is 13.6. The summed E-state index contributed by atoms with van der Waals surface area (Å²) < 4.78 is 0. The zero-order chi connectivity index (χ0) is 14.0. The van der Waals surface area contributed by atoms with Crippen LogP contribution in [0.15, 0.2) is 34.5 Å². The maximum absolute atomic E-state index is 11.9. The highest BCUT2D eigenvalue weighted by molar-refractivity contribution is 7.80. The number of thiol groups is 1. The summed E-state index contributed by atoms with van der Waals surface area (Å²) in [5, 5.41) is 15.2. The second-order valence-corrected chi connectivity index (χ2v) is 5.31. The number of hydrogen-bond acceptors (Lipinski definition) is 5. The lowest BCUT2D eigenvalue weighted by Crippen LogP contribution is -2.10. The highest BCUT2D eigenvalue weighted by Gasteiger charge is 2.13. The van der Waals surface area contributed by atoms with Crippen LogP contribution in [0.5, 0.6) is 0 Å². The number of amides is 1. The number of hydrogen-bond donors (Lipinski definition) is 2. The molecule has 0 aliphatic rings. The lowest BCUT2D eigenvalue weighted by Gasteiger charge is -2.04. The highest BCUT2D eigenvalue weighted by atomic mass is 32.1. The SMILES string of the molecule is Cc1ccc(NC(=O)c2cc(S)cs2)cc1[N+](=O)[O-]. The lowest BCUT2D eigenvalue weighted by molar-refractivity contribution is -0.385. The van der Waals surface area contributed by atoms with Crippen LogP contribution in [0.25, 0.3) is 0 Å². The number of carbonyl (C=O) groups excluding carboxylic acids is 1. The number of nitro benzene ring substituents is 1. The van der Waals surface area contributed by atoms with E-state index in [1.807, 2.05) is 0 Å². The lowest BCUT2D eigenvalue weighted by atomic mass is 10.2. The van der Waals surface area contributed by atoms with Crippen LogP contribution in [-0.4, -0.2) is 10.8 Å². The molecular formula is C12H10N2O3S2. The molecule has 98 valence electrons. The summed E-state index contributed by atoms with van der Waals surface area (Å²) >= 11 is 5.39. The van der Waals surface area contributed by atoms with Crippen molar-refractivity contribution >= 4 is 41.2 Å². The molecule has 5 nitrogen and oxygen atoms in total. The molecule has 1 N–H and O–H groups in total. The van der Waals surface area contributed by atoms with Gasteiger partial charge in [-0.2, -0.15) is 0 Å². The van der Waals surface area contributed by atoms with Gasteiger partial charge in [-0.3, -0.25) is 14.9 Å². The summed E-state index contributed by atoms with van der Waals surface area (Å²) in [6.07, 6.45) is 0. The first-order valence-electron chi connectivity index (χ1n) is 5.31. The van der Waals surface area contributed by atoms with E-state index in [0.29, 0.717) is 21.0 Å². The summed E-state index contributed by atoms with van der Waals surface area (Å²) in [5.74, 6) is -0.302. The maximum atomic E-state index is 11.9. The van der Waals surface area contributed by atoms with Gasteiger partial charge < -0.3 is 5.32 Å². The van der Waals surface area contributed by atoms with Crippen LogP contribution >= 0.6 is 24.0 Å². The predicted octanol–water partition coefficient (Wildman–Crippen LogP) is 3.51. The molecule has 1 amide bonds. The van der Waals surface area contributed by atoms with Crippen LogP contribution in [0.2, 0.25) is 0 Å². The van der Waals surface area contributed by atoms with Crippen LogP contribution in [0, 0.1) is 17.0 Å². The van der Waals surface area contributed by atoms with Gasteiger partial charge in [-0.05, 0) is 19.1 Å². The Morgan fingerprint density at radius 3 is 2.74 bits per heavy atom. The third-order valence-electron chi connectivity index (χ3n) is 2.47. The molecule has 0 fully saturated rings. The van der Waals surface area contributed by atoms with Crippen molar-refractivity contribution in [2.24, 2.45) is 0 Å². The Kier molecular flexibility index (Phi) is 3.87. The Labute approximate surface area is 118 Å². The van der Waals surface area contributed by atoms with Gasteiger partial charge in [0.15, 0.2) is 0 Å². The number of thiophene rings is 1. The Hall–Kier alpha value is -1.86. The molecule has 0 saturated carbocycles. The molecule has 0 radical (unpaired) electrons. The zero-order valence-corrected chi connectivity index (χ0v) is 11.6. The molecule has 0 spiro atoms. The van der Waals surface area contributed by atoms with Gasteiger partial charge in [0.25, 0.3) is 11.6 Å². The molecule has 1 heterocycles. The van der Waals surface area contributed by atoms with Gasteiger partial charge in [0.1, 0.15) is 0 Å². The van der Waals surface area contributed by atoms with E-state index in [4.69, 9.17) is 0 Å². The molecule has 0 aliphatic carbocycles. The fraction of sp³-hybridized carbons (Fsp3) is 0.0833. The van der Waals surface area contributed by atoms with Gasteiger partial charge in [-0.25, -0.2) is 0 Å². The van der Waals surface area contributed by atoms with E-state index in [1.165, 1.54) is 17.4 Å². The number of aryl methyl sites for hydroxylation is 1. The standard InChI is InChI=1S/C12H10N2O3S2/c1-7-2-3-8(4-10(7)14(16)17)13-12(15)11-5-9(18)6-19-11/h2-6,18H,1H3,(H,13,15). The molecule has 0 saturated heterocycles. The normalized spacial score (nSPS) is 10.2. The number of carbonyl (C=O) groups is 1. The van der Waals surface area contributed by atoms with E-state index in [-0.39, 0.29) is 11.6 Å². The van der Waals surface area contributed by atoms with Gasteiger partial charge >= 0.3 is 0 Å². The number of nitro groups is 1. The first-order chi connectivity index (χ1) is 8.97. The topological polar surface area (TPSA) is 72.2 Å². The van der Waals surface area contributed by atoms with E-state index in [9.17, 15) is 14.9 Å². The number of nitrogens with zero attached hydrogens (tertiary/aromatic N) is 1. The quantitative estimate of drug-likeness (QED) is 0.517. The average Bonchev–Trinajstić information content (AvgIpc) is 2.78. The van der Waals surface area contributed by atoms with Crippen molar-refractivity contribution in [1.29, 1.82) is 0 Å². The van der Waals surface area contributed by atoms with Crippen molar-refractivity contribution in [2.75, 3.05) is 5.32 Å². The van der Waals surface area contributed by atoms with Gasteiger partial charge in [-0.15, -0.1) is 24.0 Å². The van der Waals surface area contributed by atoms with Crippen molar-refractivity contribution in [1.82, 2.24) is 0 Å². The Morgan fingerprint density at radius 1 is 1.42 bits per heavy atom. The van der Waals surface area contributed by atoms with E-state index < -0.39 is 4.92 Å². The average molecular weight is 294 g/mol. The molecule has 0 unspecified atom stereocenters. The first-order valence-corrected chi connectivity index (χ1v) is 6.64. The zero-order valence-electron chi connectivity index (χ0n) is 9.91. The van der Waals surface area contributed by atoms with E-state index in [1.54, 1.807) is 30.5 Å². The maximum Gasteiger partial charge on any atom is 0.274 e. The minimum absolute atomic E-state index is 0.0149. The van der Waals surface area contributed by atoms with E-state index in [0.717, 1.165) is 0 Å². The van der Waals surface area contributed by atoms with Crippen LogP contribution < -0.4 is 5.32 Å². The summed E-state index contributed by atoms with van der Waals surface area (Å²) in [6.45, 7) is 1.65. The van der Waals surface area contributed by atoms with E-state index >= 15 is 0 Å². The summed E-state index contributed by atoms with van der Waals surface area (Å²) in [6, 6.07) is 6.23. The van der Waals surface area contributed by atoms with Crippen LogP contribution in [0.1, 0.15) is 15.2 Å². The summed E-state index contributed by atoms with van der Waals surface area (Å²) in [5.41, 5.74) is 0.937. The van der Waals surface area contributed by atoms with Crippen molar-refractivity contribution in [3.8, 4) is 0 Å². The van der Waals surface area contributed by atoms with Gasteiger partial charge in [0.05, 0.1) is 9.80 Å². The minimum atomic E-state index is -0.470. The van der Waals surface area contributed by atoms with Crippen molar-refractivity contribution in [3.05, 3.63) is 50.2 Å². The Balaban J connectivity index is 2.22. The van der Waals surface area contributed by atoms with Crippen molar-refractivity contribution < 1.29 is 9.72 Å². The van der Waals surface area contributed by atoms with Crippen LogP contribution in [0.4, 0.5) is 11.4 Å². The van der Waals surface area contributed by atoms with Crippen molar-refractivity contribution in [3.63, 3.8) is 0 Å². The molecule has 1 aromatic heterocycles. The Bertz CT molecular complexity index is 652. The molecule has 2 rings (SSSR count). The van der Waals surface area contributed by atoms with Crippen LogP contribution in [0.3, 0.4) is 0 Å². The largest absolute Gasteiger partial charge is 0.321 e. The summed E-state index contributed by atoms with van der Waals surface area (Å²) in [4.78, 5) is 23.5. The highest BCUT2D eigenvalue weighted by Crippen LogP contribution is 2.24. The molecule has 0 aliphatic heterocycles. The molecule has 0 atom stereocenters. The number of benzene rings is 1. The van der Waals surface area contributed by atoms with Gasteiger partial charge in [0, 0.05) is 27.6 Å². The second kappa shape index (κ2) is 5.41. The van der Waals surface area contributed by atoms with E-state index in [2.05, 4.69) is 17.9 Å². The molecular weight excluding hydrogens is 284 g/mol. The van der Waals surface area contributed by atoms with Gasteiger partial charge in [0.2, 0.25) is 0 Å². The second-order valence-electron chi connectivity index (χ2n) is 3.88. The summed E-state index contributed by atoms with van der Waals surface area (Å²) in [7, 11) is 0. The minimum Gasteiger partial charge on any atom is -0.321 e. The number of rotatable bonds is 3. The molecule has 1 aromatic carbocycles. The molecule has 2 aromatic rings. The van der Waals surface area contributed by atoms with Crippen molar-refractivity contribution in [2.45, 2.75) is 11.8 Å². The van der Waals surface area contributed by atoms with Gasteiger partial charge in [-0.1, -0.05) is 6.07 Å². The van der Waals surface area contributed by atoms with Crippen LogP contribution in [-0.2, 0) is 0 Å². The third kappa shape index (κ3) is 3.12. The third-order valence-corrected chi connectivity index (χ3v) is 3.83. The predicted molar refractivity (Wildman–Crippen MR) is 77.4 cm³/mol. The molecule has 0 bridgehead atoms. The molecule has 7 heteroatoms. The smallest absolute Gasteiger partial charge is 0.274 e. The molecule has 19 heavy (non-hydrogen) atoms. The fourth-order valence-corrected chi connectivity index (χ4v) is 2.57. The number of nitrogens with one attached hydrogen (secondary N) is 1. The Morgan fingerprint density at radius 2 is 2.16 bits per heavy atom. The fourth-order valence-electron chi connectivity index (χ4n) is 1.52. The number of anilines is 1.